The number of nitrogens with zero attached hydrogens (tertiary/aromatic N) is 1. The first-order chi connectivity index (χ1) is 18.4. The molecule has 6 rings (SSSR count). The SMILES string of the molecule is Cc1ccc(NC(=O)COC(=O)c2ccc(N3C(=O)[C@@H]4[C@@H]5C[C@@H]([C@H]4C3=O)[C@H](c3ccccc3)C5)cc2)cc1. The van der Waals surface area contributed by atoms with Crippen LogP contribution in [0.5, 0.6) is 0 Å². The summed E-state index contributed by atoms with van der Waals surface area (Å²) in [4.78, 5) is 52.8. The van der Waals surface area contributed by atoms with Gasteiger partial charge in [0.05, 0.1) is 23.1 Å². The van der Waals surface area contributed by atoms with Crippen molar-refractivity contribution >= 4 is 35.1 Å². The Hall–Kier alpha value is -4.26. The predicted molar refractivity (Wildman–Crippen MR) is 141 cm³/mol. The predicted octanol–water partition coefficient (Wildman–Crippen LogP) is 4.72. The molecule has 0 aromatic heterocycles. The number of hydrogen-bond acceptors (Lipinski definition) is 5. The minimum absolute atomic E-state index is 0.137. The summed E-state index contributed by atoms with van der Waals surface area (Å²) in [6, 6.07) is 23.8. The fourth-order valence-corrected chi connectivity index (χ4v) is 6.59. The second kappa shape index (κ2) is 9.56. The average Bonchev–Trinajstić information content (AvgIpc) is 3.60. The van der Waals surface area contributed by atoms with E-state index in [1.807, 2.05) is 37.3 Å². The quantitative estimate of drug-likeness (QED) is 0.384. The number of esters is 1. The molecule has 0 unspecified atom stereocenters. The Bertz CT molecular complexity index is 1400. The van der Waals surface area contributed by atoms with Gasteiger partial charge in [-0.2, -0.15) is 0 Å². The fourth-order valence-electron chi connectivity index (χ4n) is 6.59. The molecule has 3 amide bonds. The highest BCUT2D eigenvalue weighted by atomic mass is 16.5. The van der Waals surface area contributed by atoms with E-state index in [0.717, 1.165) is 18.4 Å². The van der Waals surface area contributed by atoms with Crippen molar-refractivity contribution < 1.29 is 23.9 Å². The molecule has 7 heteroatoms. The zero-order valence-electron chi connectivity index (χ0n) is 21.0. The van der Waals surface area contributed by atoms with Crippen LogP contribution in [-0.2, 0) is 19.1 Å². The van der Waals surface area contributed by atoms with Crippen molar-refractivity contribution in [3.05, 3.63) is 95.6 Å². The lowest BCUT2D eigenvalue weighted by molar-refractivity contribution is -0.123. The maximum Gasteiger partial charge on any atom is 0.338 e. The molecule has 3 aromatic rings. The molecule has 1 saturated heterocycles. The molecule has 1 heterocycles. The number of imide groups is 1. The van der Waals surface area contributed by atoms with Crippen molar-refractivity contribution in [2.24, 2.45) is 23.7 Å². The molecule has 3 aromatic carbocycles. The number of benzene rings is 3. The number of nitrogens with one attached hydrogen (secondary N) is 1. The summed E-state index contributed by atoms with van der Waals surface area (Å²) in [7, 11) is 0. The number of amides is 3. The van der Waals surface area contributed by atoms with Gasteiger partial charge in [-0.3, -0.25) is 19.3 Å². The zero-order chi connectivity index (χ0) is 26.4. The minimum Gasteiger partial charge on any atom is -0.452 e. The third-order valence-electron chi connectivity index (χ3n) is 8.27. The Morgan fingerprint density at radius 2 is 1.55 bits per heavy atom. The summed E-state index contributed by atoms with van der Waals surface area (Å²) < 4.78 is 5.15. The third kappa shape index (κ3) is 4.18. The van der Waals surface area contributed by atoms with Crippen LogP contribution in [0.1, 0.15) is 40.2 Å². The van der Waals surface area contributed by atoms with Gasteiger partial charge in [0.15, 0.2) is 6.61 Å². The molecule has 38 heavy (non-hydrogen) atoms. The molecule has 192 valence electrons. The summed E-state index contributed by atoms with van der Waals surface area (Å²) in [6.07, 6.45) is 1.85. The molecule has 0 spiro atoms. The first-order valence-corrected chi connectivity index (χ1v) is 13.0. The molecule has 2 bridgehead atoms. The Labute approximate surface area is 220 Å². The molecule has 1 N–H and O–H groups in total. The summed E-state index contributed by atoms with van der Waals surface area (Å²) in [5, 5.41) is 2.68. The number of carbonyl (C=O) groups excluding carboxylic acids is 4. The highest BCUT2D eigenvalue weighted by molar-refractivity contribution is 6.22. The molecule has 0 radical (unpaired) electrons. The van der Waals surface area contributed by atoms with Gasteiger partial charge in [0, 0.05) is 5.69 Å². The van der Waals surface area contributed by atoms with Gasteiger partial charge in [-0.25, -0.2) is 4.79 Å². The van der Waals surface area contributed by atoms with Crippen LogP contribution in [0.2, 0.25) is 0 Å². The maximum atomic E-state index is 13.5. The summed E-state index contributed by atoms with van der Waals surface area (Å²) in [5.74, 6) is -1.23. The molecular weight excluding hydrogens is 480 g/mol. The smallest absolute Gasteiger partial charge is 0.338 e. The van der Waals surface area contributed by atoms with Crippen LogP contribution in [0.15, 0.2) is 78.9 Å². The van der Waals surface area contributed by atoms with Gasteiger partial charge in [-0.1, -0.05) is 48.0 Å². The lowest BCUT2D eigenvalue weighted by atomic mass is 9.73. The van der Waals surface area contributed by atoms with Crippen molar-refractivity contribution in [3.63, 3.8) is 0 Å². The first kappa shape index (κ1) is 24.1. The molecule has 3 fully saturated rings. The zero-order valence-corrected chi connectivity index (χ0v) is 21.0. The summed E-state index contributed by atoms with van der Waals surface area (Å²) >= 11 is 0. The van der Waals surface area contributed by atoms with Gasteiger partial charge in [-0.15, -0.1) is 0 Å². The summed E-state index contributed by atoms with van der Waals surface area (Å²) in [5.41, 5.74) is 3.63. The van der Waals surface area contributed by atoms with Gasteiger partial charge >= 0.3 is 5.97 Å². The van der Waals surface area contributed by atoms with E-state index in [1.165, 1.54) is 22.6 Å². The second-order valence-corrected chi connectivity index (χ2v) is 10.5. The molecule has 2 saturated carbocycles. The standard InChI is InChI=1S/C31H28N2O5/c1-18-7-11-22(12-8-18)32-26(34)17-38-31(37)20-9-13-23(14-10-20)33-29(35)27-21-15-24(19-5-3-2-4-6-19)25(16-21)28(27)30(33)36/h2-14,21,24-25,27-28H,15-17H2,1H3,(H,32,34)/t21-,24-,25+,27+,28+/m0/s1. The Morgan fingerprint density at radius 3 is 2.26 bits per heavy atom. The van der Waals surface area contributed by atoms with Gasteiger partial charge < -0.3 is 10.1 Å². The van der Waals surface area contributed by atoms with Crippen molar-refractivity contribution in [1.82, 2.24) is 0 Å². The number of anilines is 2. The number of ether oxygens (including phenoxy) is 1. The van der Waals surface area contributed by atoms with Crippen molar-refractivity contribution in [1.29, 1.82) is 0 Å². The minimum atomic E-state index is -0.657. The van der Waals surface area contributed by atoms with Crippen molar-refractivity contribution in [3.8, 4) is 0 Å². The van der Waals surface area contributed by atoms with Crippen LogP contribution in [0.25, 0.3) is 0 Å². The topological polar surface area (TPSA) is 92.8 Å². The van der Waals surface area contributed by atoms with E-state index in [9.17, 15) is 19.2 Å². The van der Waals surface area contributed by atoms with E-state index >= 15 is 0 Å². The van der Waals surface area contributed by atoms with Crippen LogP contribution >= 0.6 is 0 Å². The van der Waals surface area contributed by atoms with E-state index in [4.69, 9.17) is 4.74 Å². The number of aryl methyl sites for hydroxylation is 1. The molecule has 3 aliphatic rings. The van der Waals surface area contributed by atoms with E-state index in [2.05, 4.69) is 17.4 Å². The lowest BCUT2D eigenvalue weighted by Gasteiger charge is -2.28. The van der Waals surface area contributed by atoms with E-state index in [1.54, 1.807) is 24.3 Å². The van der Waals surface area contributed by atoms with Crippen LogP contribution in [0.4, 0.5) is 11.4 Å². The average molecular weight is 509 g/mol. The Kier molecular flexibility index (Phi) is 6.06. The van der Waals surface area contributed by atoms with Gasteiger partial charge in [-0.05, 0) is 79.5 Å². The summed E-state index contributed by atoms with van der Waals surface area (Å²) in [6.45, 7) is 1.53. The number of hydrogen-bond donors (Lipinski definition) is 1. The fraction of sp³-hybridized carbons (Fsp3) is 0.290. The van der Waals surface area contributed by atoms with E-state index < -0.39 is 18.5 Å². The largest absolute Gasteiger partial charge is 0.452 e. The molecular formula is C31H28N2O5. The molecule has 5 atom stereocenters. The number of carbonyl (C=O) groups is 4. The van der Waals surface area contributed by atoms with Crippen molar-refractivity contribution in [2.45, 2.75) is 25.7 Å². The van der Waals surface area contributed by atoms with Crippen LogP contribution < -0.4 is 10.2 Å². The van der Waals surface area contributed by atoms with Gasteiger partial charge in [0.2, 0.25) is 11.8 Å². The highest BCUT2D eigenvalue weighted by Gasteiger charge is 2.64. The van der Waals surface area contributed by atoms with E-state index in [-0.39, 0.29) is 41.0 Å². The third-order valence-corrected chi connectivity index (χ3v) is 8.27. The molecule has 7 nitrogen and oxygen atoms in total. The van der Waals surface area contributed by atoms with Crippen LogP contribution in [0.3, 0.4) is 0 Å². The number of rotatable bonds is 6. The lowest BCUT2D eigenvalue weighted by Crippen LogP contribution is -2.33. The Balaban J connectivity index is 1.10. The maximum absolute atomic E-state index is 13.5. The first-order valence-electron chi connectivity index (χ1n) is 13.0. The molecule has 2 aliphatic carbocycles. The number of fused-ring (bicyclic) bond motifs is 5. The van der Waals surface area contributed by atoms with Gasteiger partial charge in [0.1, 0.15) is 0 Å². The second-order valence-electron chi connectivity index (χ2n) is 10.5. The Morgan fingerprint density at radius 1 is 0.868 bits per heavy atom. The van der Waals surface area contributed by atoms with Crippen LogP contribution in [-0.4, -0.2) is 30.3 Å². The van der Waals surface area contributed by atoms with Crippen LogP contribution in [0, 0.1) is 30.6 Å². The highest BCUT2D eigenvalue weighted by Crippen LogP contribution is 2.61. The normalized spacial score (nSPS) is 25.4. The molecule has 1 aliphatic heterocycles. The van der Waals surface area contributed by atoms with Crippen molar-refractivity contribution in [2.75, 3.05) is 16.8 Å². The van der Waals surface area contributed by atoms with Gasteiger partial charge in [0.25, 0.3) is 5.91 Å². The van der Waals surface area contributed by atoms with E-state index in [0.29, 0.717) is 17.3 Å². The monoisotopic (exact) mass is 508 g/mol.